The number of methoxy groups -OCH3 is 1. The zero-order valence-electron chi connectivity index (χ0n) is 14.2. The number of ether oxygens (including phenoxy) is 1. The van der Waals surface area contributed by atoms with Gasteiger partial charge in [0.25, 0.3) is 0 Å². The van der Waals surface area contributed by atoms with Crippen molar-refractivity contribution in [3.63, 3.8) is 0 Å². The second-order valence-corrected chi connectivity index (χ2v) is 6.20. The molecule has 3 rings (SSSR count). The van der Waals surface area contributed by atoms with Gasteiger partial charge in [-0.25, -0.2) is 4.98 Å². The number of benzene rings is 1. The molecule has 2 aromatic rings. The first-order chi connectivity index (χ1) is 11.7. The van der Waals surface area contributed by atoms with E-state index in [0.717, 1.165) is 25.9 Å². The predicted octanol–water partition coefficient (Wildman–Crippen LogP) is 3.00. The molecule has 5 nitrogen and oxygen atoms in total. The molecule has 1 aromatic carbocycles. The lowest BCUT2D eigenvalue weighted by atomic mass is 10.1. The lowest BCUT2D eigenvalue weighted by molar-refractivity contribution is -0.120. The van der Waals surface area contributed by atoms with Crippen LogP contribution >= 0.6 is 0 Å². The van der Waals surface area contributed by atoms with Crippen molar-refractivity contribution in [1.82, 2.24) is 9.88 Å². The summed E-state index contributed by atoms with van der Waals surface area (Å²) in [4.78, 5) is 19.0. The first-order valence-corrected chi connectivity index (χ1v) is 8.26. The summed E-state index contributed by atoms with van der Waals surface area (Å²) in [6.07, 6.45) is 3.56. The molecule has 0 spiro atoms. The predicted molar refractivity (Wildman–Crippen MR) is 94.0 cm³/mol. The second kappa shape index (κ2) is 7.45. The molecule has 126 valence electrons. The summed E-state index contributed by atoms with van der Waals surface area (Å²) >= 11 is 0. The van der Waals surface area contributed by atoms with Crippen LogP contribution in [0.2, 0.25) is 0 Å². The lowest BCUT2D eigenvalue weighted by Crippen LogP contribution is -2.39. The molecule has 1 amide bonds. The molecule has 1 atom stereocenters. The Kier molecular flexibility index (Phi) is 5.11. The summed E-state index contributed by atoms with van der Waals surface area (Å²) in [5.41, 5.74) is 3.20. The molecule has 0 aliphatic carbocycles. The third-order valence-corrected chi connectivity index (χ3v) is 4.35. The number of aromatic nitrogens is 1. The smallest absolute Gasteiger partial charge is 0.241 e. The van der Waals surface area contributed by atoms with Crippen LogP contribution in [-0.2, 0) is 11.3 Å². The van der Waals surface area contributed by atoms with Gasteiger partial charge < -0.3 is 10.1 Å². The minimum Gasteiger partial charge on any atom is -0.481 e. The lowest BCUT2D eigenvalue weighted by Gasteiger charge is -2.23. The Hall–Kier alpha value is -2.40. The van der Waals surface area contributed by atoms with Crippen LogP contribution in [0.3, 0.4) is 0 Å². The van der Waals surface area contributed by atoms with Crippen LogP contribution in [-0.4, -0.2) is 35.5 Å². The maximum absolute atomic E-state index is 12.6. The molecule has 24 heavy (non-hydrogen) atoms. The fraction of sp³-hybridized carbons (Fsp3) is 0.368. The molecule has 1 aliphatic heterocycles. The molecule has 5 heteroatoms. The van der Waals surface area contributed by atoms with E-state index in [1.165, 1.54) is 11.1 Å². The quantitative estimate of drug-likeness (QED) is 0.918. The molecule has 2 heterocycles. The maximum atomic E-state index is 12.6. The molecule has 1 N–H and O–H groups in total. The van der Waals surface area contributed by atoms with Gasteiger partial charge >= 0.3 is 0 Å². The Morgan fingerprint density at radius 3 is 2.96 bits per heavy atom. The molecule has 0 saturated carbocycles. The summed E-state index contributed by atoms with van der Waals surface area (Å²) in [7, 11) is 1.57. The van der Waals surface area contributed by atoms with Crippen molar-refractivity contribution in [3.05, 3.63) is 53.7 Å². The molecule has 0 radical (unpaired) electrons. The number of aryl methyl sites for hydroxylation is 1. The average molecular weight is 325 g/mol. The number of amides is 1. The molecule has 1 saturated heterocycles. The number of likely N-dealkylation sites (tertiary alicyclic amines) is 1. The Bertz CT molecular complexity index is 700. The van der Waals surface area contributed by atoms with Crippen LogP contribution in [0.4, 0.5) is 5.69 Å². The number of carbonyl (C=O) groups is 1. The third kappa shape index (κ3) is 3.92. The zero-order chi connectivity index (χ0) is 16.9. The number of nitrogens with zero attached hydrogens (tertiary/aromatic N) is 2. The highest BCUT2D eigenvalue weighted by molar-refractivity contribution is 5.94. The second-order valence-electron chi connectivity index (χ2n) is 6.20. The molecule has 1 aliphatic rings. The summed E-state index contributed by atoms with van der Waals surface area (Å²) in [5.74, 6) is 0.571. The van der Waals surface area contributed by atoms with Crippen molar-refractivity contribution >= 4 is 11.6 Å². The SMILES string of the molecule is COc1ccc(NC(=O)C2CCCN2Cc2cccc(C)c2)cn1. The van der Waals surface area contributed by atoms with E-state index in [-0.39, 0.29) is 11.9 Å². The Morgan fingerprint density at radius 1 is 1.38 bits per heavy atom. The van der Waals surface area contributed by atoms with Crippen molar-refractivity contribution < 1.29 is 9.53 Å². The van der Waals surface area contributed by atoms with Gasteiger partial charge in [0, 0.05) is 12.6 Å². The molecular formula is C19H23N3O2. The highest BCUT2D eigenvalue weighted by Gasteiger charge is 2.30. The molecular weight excluding hydrogens is 302 g/mol. The molecule has 1 fully saturated rings. The van der Waals surface area contributed by atoms with Crippen molar-refractivity contribution in [1.29, 1.82) is 0 Å². The first-order valence-electron chi connectivity index (χ1n) is 8.26. The minimum absolute atomic E-state index is 0.0344. The Labute approximate surface area is 142 Å². The van der Waals surface area contributed by atoms with Crippen molar-refractivity contribution in [2.45, 2.75) is 32.4 Å². The summed E-state index contributed by atoms with van der Waals surface area (Å²) in [5, 5.41) is 2.96. The van der Waals surface area contributed by atoms with E-state index in [9.17, 15) is 4.79 Å². The van der Waals surface area contributed by atoms with Gasteiger partial charge in [-0.3, -0.25) is 9.69 Å². The van der Waals surface area contributed by atoms with Crippen LogP contribution < -0.4 is 10.1 Å². The van der Waals surface area contributed by atoms with Crippen LogP contribution in [0.5, 0.6) is 5.88 Å². The van der Waals surface area contributed by atoms with E-state index in [4.69, 9.17) is 4.74 Å². The summed E-state index contributed by atoms with van der Waals surface area (Å²) in [6.45, 7) is 3.85. The summed E-state index contributed by atoms with van der Waals surface area (Å²) < 4.78 is 5.03. The van der Waals surface area contributed by atoms with Crippen LogP contribution in [0.15, 0.2) is 42.6 Å². The number of hydrogen-bond acceptors (Lipinski definition) is 4. The van der Waals surface area contributed by atoms with Crippen molar-refractivity contribution in [2.24, 2.45) is 0 Å². The van der Waals surface area contributed by atoms with Crippen LogP contribution in [0, 0.1) is 6.92 Å². The molecule has 1 aromatic heterocycles. The summed E-state index contributed by atoms with van der Waals surface area (Å²) in [6, 6.07) is 11.9. The van der Waals surface area contributed by atoms with Gasteiger partial charge in [0.2, 0.25) is 11.8 Å². The van der Waals surface area contributed by atoms with Gasteiger partial charge in [0.05, 0.1) is 25.0 Å². The number of rotatable bonds is 5. The maximum Gasteiger partial charge on any atom is 0.241 e. The van der Waals surface area contributed by atoms with Gasteiger partial charge in [-0.2, -0.15) is 0 Å². The highest BCUT2D eigenvalue weighted by atomic mass is 16.5. The zero-order valence-corrected chi connectivity index (χ0v) is 14.2. The normalized spacial score (nSPS) is 17.7. The Balaban J connectivity index is 1.64. The topological polar surface area (TPSA) is 54.5 Å². The van der Waals surface area contributed by atoms with E-state index >= 15 is 0 Å². The fourth-order valence-corrected chi connectivity index (χ4v) is 3.16. The monoisotopic (exact) mass is 325 g/mol. The van der Waals surface area contributed by atoms with Gasteiger partial charge in [-0.05, 0) is 37.9 Å². The van der Waals surface area contributed by atoms with E-state index in [0.29, 0.717) is 11.6 Å². The fourth-order valence-electron chi connectivity index (χ4n) is 3.16. The van der Waals surface area contributed by atoms with Gasteiger partial charge in [0.15, 0.2) is 0 Å². The van der Waals surface area contributed by atoms with Gasteiger partial charge in [-0.1, -0.05) is 29.8 Å². The van der Waals surface area contributed by atoms with E-state index in [2.05, 4.69) is 46.4 Å². The van der Waals surface area contributed by atoms with E-state index < -0.39 is 0 Å². The van der Waals surface area contributed by atoms with Crippen molar-refractivity contribution in [3.8, 4) is 5.88 Å². The standard InChI is InChI=1S/C19H23N3O2/c1-14-5-3-6-15(11-14)13-22-10-4-7-17(22)19(23)21-16-8-9-18(24-2)20-12-16/h3,5-6,8-9,11-12,17H,4,7,10,13H2,1-2H3,(H,21,23). The Morgan fingerprint density at radius 2 is 2.25 bits per heavy atom. The van der Waals surface area contributed by atoms with Crippen LogP contribution in [0.25, 0.3) is 0 Å². The van der Waals surface area contributed by atoms with Crippen molar-refractivity contribution in [2.75, 3.05) is 19.0 Å². The number of anilines is 1. The number of pyridine rings is 1. The number of carbonyl (C=O) groups excluding carboxylic acids is 1. The van der Waals surface area contributed by atoms with Gasteiger partial charge in [0.1, 0.15) is 0 Å². The molecule has 1 unspecified atom stereocenters. The van der Waals surface area contributed by atoms with Crippen LogP contribution in [0.1, 0.15) is 24.0 Å². The largest absolute Gasteiger partial charge is 0.481 e. The van der Waals surface area contributed by atoms with E-state index in [1.54, 1.807) is 19.4 Å². The van der Waals surface area contributed by atoms with E-state index in [1.807, 2.05) is 6.07 Å². The third-order valence-electron chi connectivity index (χ3n) is 4.35. The number of nitrogens with one attached hydrogen (secondary N) is 1. The minimum atomic E-state index is -0.0902. The average Bonchev–Trinajstić information content (AvgIpc) is 3.04. The molecule has 0 bridgehead atoms. The van der Waals surface area contributed by atoms with Gasteiger partial charge in [-0.15, -0.1) is 0 Å². The highest BCUT2D eigenvalue weighted by Crippen LogP contribution is 2.22. The first kappa shape index (κ1) is 16.5. The number of hydrogen-bond donors (Lipinski definition) is 1.